The van der Waals surface area contributed by atoms with Crippen LogP contribution in [0.4, 0.5) is 0 Å². The number of amides is 1. The number of allylic oxidation sites excluding steroid dienone is 4. The Balaban J connectivity index is 0.000000249. The Labute approximate surface area is 262 Å². The molecule has 2 aliphatic carbocycles. The minimum atomic E-state index is -0.274. The van der Waals surface area contributed by atoms with Crippen LogP contribution < -0.4 is 5.56 Å². The van der Waals surface area contributed by atoms with Crippen molar-refractivity contribution in [3.8, 4) is 0 Å². The van der Waals surface area contributed by atoms with Gasteiger partial charge < -0.3 is 10.0 Å². The third kappa shape index (κ3) is 5.98. The molecule has 8 rings (SSSR count). The number of aliphatic hydroxyl groups is 1. The monoisotopic (exact) mass is 595 g/mol. The zero-order valence-corrected chi connectivity index (χ0v) is 25.3. The first-order valence-corrected chi connectivity index (χ1v) is 16.0. The Morgan fingerprint density at radius 2 is 1.73 bits per heavy atom. The Morgan fingerprint density at radius 3 is 2.60 bits per heavy atom. The molecule has 0 unspecified atom stereocenters. The van der Waals surface area contributed by atoms with Crippen LogP contribution in [0.5, 0.6) is 0 Å². The second kappa shape index (κ2) is 12.7. The summed E-state index contributed by atoms with van der Waals surface area (Å²) in [6.07, 6.45) is 12.8. The van der Waals surface area contributed by atoms with Gasteiger partial charge in [0.2, 0.25) is 0 Å². The van der Waals surface area contributed by atoms with Gasteiger partial charge in [0.1, 0.15) is 0 Å². The predicted molar refractivity (Wildman–Crippen MR) is 180 cm³/mol. The molecule has 0 bridgehead atoms. The lowest BCUT2D eigenvalue weighted by atomic mass is 9.78. The summed E-state index contributed by atoms with van der Waals surface area (Å²) in [4.78, 5) is 26.0. The number of nitrogens with one attached hydrogen (secondary N) is 1. The lowest BCUT2D eigenvalue weighted by molar-refractivity contribution is 0.0546. The van der Waals surface area contributed by atoms with Gasteiger partial charge in [-0.15, -0.1) is 0 Å². The van der Waals surface area contributed by atoms with Crippen molar-refractivity contribution in [3.63, 3.8) is 0 Å². The molecule has 0 saturated carbocycles. The van der Waals surface area contributed by atoms with E-state index in [9.17, 15) is 14.7 Å². The number of hydrogen-bond acceptors (Lipinski definition) is 4. The fraction of sp³-hybridized carbons (Fsp3) is 0.256. The molecule has 1 amide bonds. The van der Waals surface area contributed by atoms with Crippen molar-refractivity contribution in [2.75, 3.05) is 13.1 Å². The number of carbonyl (C=O) groups is 1. The third-order valence-electron chi connectivity index (χ3n) is 9.38. The van der Waals surface area contributed by atoms with E-state index >= 15 is 0 Å². The van der Waals surface area contributed by atoms with Crippen molar-refractivity contribution >= 4 is 33.0 Å². The summed E-state index contributed by atoms with van der Waals surface area (Å²) in [5, 5.41) is 20.1. The quantitative estimate of drug-likeness (QED) is 0.235. The topological polar surface area (TPSA) is 86.3 Å². The third-order valence-corrected chi connectivity index (χ3v) is 9.38. The summed E-state index contributed by atoms with van der Waals surface area (Å²) < 4.78 is 0. The summed E-state index contributed by atoms with van der Waals surface area (Å²) in [5.74, 6) is 0.0765. The number of benzene rings is 4. The molecular weight excluding hydrogens is 558 g/mol. The highest BCUT2D eigenvalue weighted by Crippen LogP contribution is 2.41. The number of piperidine rings is 1. The van der Waals surface area contributed by atoms with Gasteiger partial charge in [-0.1, -0.05) is 78.4 Å². The number of carbonyl (C=O) groups excluding carboxylic acids is 1. The molecule has 0 spiro atoms. The second-order valence-electron chi connectivity index (χ2n) is 12.3. The molecule has 6 heteroatoms. The molecular formula is C39H37N3O3. The average molecular weight is 596 g/mol. The highest BCUT2D eigenvalue weighted by atomic mass is 16.3. The van der Waals surface area contributed by atoms with Crippen molar-refractivity contribution in [2.45, 2.75) is 51.0 Å². The normalized spacial score (nSPS) is 16.2. The van der Waals surface area contributed by atoms with E-state index in [4.69, 9.17) is 0 Å². The van der Waals surface area contributed by atoms with Crippen LogP contribution in [0.15, 0.2) is 108 Å². The maximum Gasteiger partial charge on any atom is 0.272 e. The van der Waals surface area contributed by atoms with E-state index < -0.39 is 0 Å². The molecule has 6 nitrogen and oxygen atoms in total. The molecule has 1 fully saturated rings. The number of hydrogen-bond donors (Lipinski definition) is 2. The molecule has 1 saturated heterocycles. The van der Waals surface area contributed by atoms with Gasteiger partial charge in [-0.2, -0.15) is 5.10 Å². The molecule has 5 aromatic rings. The second-order valence-corrected chi connectivity index (χ2v) is 12.3. The number of aryl methyl sites for hydroxylation is 1. The summed E-state index contributed by atoms with van der Waals surface area (Å²) in [6, 6.07) is 26.7. The minimum Gasteiger partial charge on any atom is -0.393 e. The number of aromatic amines is 1. The van der Waals surface area contributed by atoms with Gasteiger partial charge in [0.25, 0.3) is 11.5 Å². The van der Waals surface area contributed by atoms with Crippen LogP contribution in [0.2, 0.25) is 0 Å². The molecule has 0 atom stereocenters. The summed E-state index contributed by atoms with van der Waals surface area (Å²) in [5.41, 5.74) is 9.07. The molecule has 4 aromatic carbocycles. The van der Waals surface area contributed by atoms with Gasteiger partial charge in [-0.05, 0) is 102 Å². The van der Waals surface area contributed by atoms with Gasteiger partial charge in [-0.25, -0.2) is 5.10 Å². The summed E-state index contributed by atoms with van der Waals surface area (Å²) in [6.45, 7) is 1.26. The maximum absolute atomic E-state index is 13.1. The predicted octanol–water partition coefficient (Wildman–Crippen LogP) is 7.00. The lowest BCUT2D eigenvalue weighted by Crippen LogP contribution is -2.40. The number of aromatic nitrogens is 2. The van der Waals surface area contributed by atoms with Crippen molar-refractivity contribution in [2.24, 2.45) is 0 Å². The van der Waals surface area contributed by atoms with E-state index in [1.807, 2.05) is 35.2 Å². The highest BCUT2D eigenvalue weighted by molar-refractivity contribution is 5.96. The maximum atomic E-state index is 13.1. The Kier molecular flexibility index (Phi) is 8.14. The largest absolute Gasteiger partial charge is 0.393 e. The van der Waals surface area contributed by atoms with Crippen LogP contribution >= 0.6 is 0 Å². The van der Waals surface area contributed by atoms with E-state index in [0.29, 0.717) is 31.3 Å². The van der Waals surface area contributed by atoms with Crippen molar-refractivity contribution in [1.82, 2.24) is 15.1 Å². The van der Waals surface area contributed by atoms with Gasteiger partial charge >= 0.3 is 0 Å². The van der Waals surface area contributed by atoms with E-state index in [0.717, 1.165) is 30.2 Å². The standard InChI is InChI=1S/C31H31NO2.C8H6N2O/c33-26-15-17-32(18-16-26)31(34)25-9-3-5-21(20-25)19-24-8-4-7-23-12-13-28-27-10-2-1-6-22(27)11-14-29(28)30(23)24;11-8-7-4-2-1-3-6(7)5-9-10-8/h2-5,7-10,12-13,20,26,33H,1,6,11,14-19H2;1-5H,(H,10,11). The van der Waals surface area contributed by atoms with Crippen LogP contribution in [0.1, 0.15) is 64.7 Å². The highest BCUT2D eigenvalue weighted by Gasteiger charge is 2.24. The van der Waals surface area contributed by atoms with Gasteiger partial charge in [0, 0.05) is 29.4 Å². The number of nitrogens with zero attached hydrogens (tertiary/aromatic N) is 2. The number of H-pyrrole nitrogens is 1. The van der Waals surface area contributed by atoms with E-state index in [2.05, 4.69) is 64.8 Å². The van der Waals surface area contributed by atoms with Crippen molar-refractivity contribution in [3.05, 3.63) is 141 Å². The molecule has 226 valence electrons. The number of aliphatic hydroxyl groups excluding tert-OH is 1. The van der Waals surface area contributed by atoms with Crippen molar-refractivity contribution < 1.29 is 9.90 Å². The van der Waals surface area contributed by atoms with Crippen molar-refractivity contribution in [1.29, 1.82) is 0 Å². The number of likely N-dealkylation sites (tertiary alicyclic amines) is 1. The Morgan fingerprint density at radius 1 is 0.911 bits per heavy atom. The molecule has 1 aliphatic heterocycles. The van der Waals surface area contributed by atoms with E-state index in [1.165, 1.54) is 51.4 Å². The molecule has 0 radical (unpaired) electrons. The summed E-state index contributed by atoms with van der Waals surface area (Å²) in [7, 11) is 0. The van der Waals surface area contributed by atoms with Crippen LogP contribution in [0.25, 0.3) is 27.1 Å². The zero-order chi connectivity index (χ0) is 30.8. The molecule has 2 N–H and O–H groups in total. The molecule has 45 heavy (non-hydrogen) atoms. The van der Waals surface area contributed by atoms with Gasteiger partial charge in [0.05, 0.1) is 12.3 Å². The van der Waals surface area contributed by atoms with Crippen LogP contribution in [-0.4, -0.2) is 45.3 Å². The smallest absolute Gasteiger partial charge is 0.272 e. The van der Waals surface area contributed by atoms with Crippen LogP contribution in [0, 0.1) is 0 Å². The first-order valence-electron chi connectivity index (χ1n) is 16.0. The Hall–Kier alpha value is -4.81. The minimum absolute atomic E-state index is 0.0765. The average Bonchev–Trinajstić information content (AvgIpc) is 3.09. The zero-order valence-electron chi connectivity index (χ0n) is 25.3. The fourth-order valence-corrected chi connectivity index (χ4v) is 7.04. The lowest BCUT2D eigenvalue weighted by Gasteiger charge is -2.29. The first kappa shape index (κ1) is 28.9. The van der Waals surface area contributed by atoms with Crippen LogP contribution in [0.3, 0.4) is 0 Å². The first-order chi connectivity index (χ1) is 22.0. The van der Waals surface area contributed by atoms with Crippen LogP contribution in [-0.2, 0) is 12.8 Å². The Bertz CT molecular complexity index is 2010. The molecule has 1 aromatic heterocycles. The van der Waals surface area contributed by atoms with Gasteiger partial charge in [-0.3, -0.25) is 9.59 Å². The van der Waals surface area contributed by atoms with Gasteiger partial charge in [0.15, 0.2) is 0 Å². The number of fused-ring (bicyclic) bond motifs is 5. The van der Waals surface area contributed by atoms with E-state index in [-0.39, 0.29) is 17.6 Å². The fourth-order valence-electron chi connectivity index (χ4n) is 7.04. The summed E-state index contributed by atoms with van der Waals surface area (Å²) >= 11 is 0. The molecule has 2 heterocycles. The molecule has 3 aliphatic rings. The number of rotatable bonds is 3. The SMILES string of the molecule is O=C(c1cccc(Cc2cccc3ccc4c(c23)CCC2=C4C=CCC2)c1)N1CCC(O)CC1.O=c1[nH]ncc2ccccc12. The van der Waals surface area contributed by atoms with E-state index in [1.54, 1.807) is 17.8 Å².